The zero-order valence-electron chi connectivity index (χ0n) is 14.1. The minimum absolute atomic E-state index is 0.0562. The van der Waals surface area contributed by atoms with E-state index in [0.717, 1.165) is 24.7 Å². The normalized spacial score (nSPS) is 42.0. The maximum Gasteiger partial charge on any atom is 0.309 e. The van der Waals surface area contributed by atoms with Gasteiger partial charge in [-0.2, -0.15) is 0 Å². The quantitative estimate of drug-likeness (QED) is 0.647. The van der Waals surface area contributed by atoms with Gasteiger partial charge in [0.15, 0.2) is 0 Å². The van der Waals surface area contributed by atoms with E-state index in [2.05, 4.69) is 13.8 Å². The minimum atomic E-state index is -0.0933. The van der Waals surface area contributed by atoms with Crippen LogP contribution in [0, 0.1) is 29.6 Å². The molecule has 0 heterocycles. The molecule has 1 atom stereocenters. The van der Waals surface area contributed by atoms with Gasteiger partial charge in [0, 0.05) is 0 Å². The standard InChI is InChI=1S/C19H32O2/c1-4-6-7-19(21-18(20)13(3)5-2)16-9-14-8-15(11-16)12-17(19)10-14/h13-17H,4-12H2,1-3H3. The maximum absolute atomic E-state index is 12.5. The summed E-state index contributed by atoms with van der Waals surface area (Å²) >= 11 is 0. The van der Waals surface area contributed by atoms with Crippen LogP contribution in [0.5, 0.6) is 0 Å². The molecule has 0 aromatic rings. The fraction of sp³-hybridized carbons (Fsp3) is 0.947. The van der Waals surface area contributed by atoms with Crippen molar-refractivity contribution in [2.75, 3.05) is 0 Å². The summed E-state index contributed by atoms with van der Waals surface area (Å²) in [5.41, 5.74) is -0.0933. The smallest absolute Gasteiger partial charge is 0.309 e. The maximum atomic E-state index is 12.5. The van der Waals surface area contributed by atoms with E-state index in [-0.39, 0.29) is 17.5 Å². The Labute approximate surface area is 130 Å². The fourth-order valence-corrected chi connectivity index (χ4v) is 5.52. The lowest BCUT2D eigenvalue weighted by Crippen LogP contribution is -2.60. The van der Waals surface area contributed by atoms with Gasteiger partial charge < -0.3 is 4.74 Å². The predicted molar refractivity (Wildman–Crippen MR) is 84.8 cm³/mol. The van der Waals surface area contributed by atoms with E-state index in [9.17, 15) is 4.79 Å². The molecule has 1 unspecified atom stereocenters. The van der Waals surface area contributed by atoms with Crippen molar-refractivity contribution in [3.63, 3.8) is 0 Å². The number of ether oxygens (including phenoxy) is 1. The highest BCUT2D eigenvalue weighted by Crippen LogP contribution is 2.61. The number of hydrogen-bond donors (Lipinski definition) is 0. The van der Waals surface area contributed by atoms with Gasteiger partial charge in [-0.15, -0.1) is 0 Å². The van der Waals surface area contributed by atoms with Crippen molar-refractivity contribution in [3.8, 4) is 0 Å². The summed E-state index contributed by atoms with van der Waals surface area (Å²) in [5, 5.41) is 0. The molecule has 4 aliphatic carbocycles. The first-order valence-electron chi connectivity index (χ1n) is 9.31. The van der Waals surface area contributed by atoms with Crippen LogP contribution in [0.3, 0.4) is 0 Å². The lowest BCUT2D eigenvalue weighted by Gasteiger charge is -2.60. The SMILES string of the molecule is CCCCC1(OC(=O)C(C)CC)C2CC3CC(C2)CC1C3. The molecule has 2 nitrogen and oxygen atoms in total. The Kier molecular flexibility index (Phi) is 4.34. The van der Waals surface area contributed by atoms with Crippen molar-refractivity contribution >= 4 is 5.97 Å². The molecule has 21 heavy (non-hydrogen) atoms. The van der Waals surface area contributed by atoms with Crippen LogP contribution < -0.4 is 0 Å². The molecule has 4 rings (SSSR count). The Morgan fingerprint density at radius 2 is 1.67 bits per heavy atom. The summed E-state index contributed by atoms with van der Waals surface area (Å²) < 4.78 is 6.33. The number of carbonyl (C=O) groups is 1. The Bertz CT molecular complexity index is 359. The Hall–Kier alpha value is -0.530. The molecule has 0 N–H and O–H groups in total. The number of rotatable bonds is 6. The van der Waals surface area contributed by atoms with Gasteiger partial charge in [0.05, 0.1) is 5.92 Å². The van der Waals surface area contributed by atoms with Gasteiger partial charge in [0.2, 0.25) is 0 Å². The van der Waals surface area contributed by atoms with Crippen LogP contribution in [0.15, 0.2) is 0 Å². The van der Waals surface area contributed by atoms with Crippen LogP contribution in [0.4, 0.5) is 0 Å². The van der Waals surface area contributed by atoms with Crippen molar-refractivity contribution in [1.82, 2.24) is 0 Å². The van der Waals surface area contributed by atoms with Crippen LogP contribution in [-0.2, 0) is 9.53 Å². The van der Waals surface area contributed by atoms with Gasteiger partial charge in [-0.05, 0) is 75.0 Å². The van der Waals surface area contributed by atoms with Gasteiger partial charge in [-0.25, -0.2) is 0 Å². The van der Waals surface area contributed by atoms with Crippen molar-refractivity contribution in [3.05, 3.63) is 0 Å². The first-order chi connectivity index (χ1) is 10.1. The molecular formula is C19H32O2. The van der Waals surface area contributed by atoms with Crippen molar-refractivity contribution in [2.45, 2.75) is 84.2 Å². The molecule has 0 aromatic heterocycles. The molecule has 4 saturated carbocycles. The van der Waals surface area contributed by atoms with Crippen molar-refractivity contribution in [1.29, 1.82) is 0 Å². The van der Waals surface area contributed by atoms with E-state index in [1.165, 1.54) is 44.9 Å². The summed E-state index contributed by atoms with van der Waals surface area (Å²) in [4.78, 5) is 12.5. The van der Waals surface area contributed by atoms with Crippen LogP contribution in [0.2, 0.25) is 0 Å². The molecule has 4 aliphatic rings. The number of carbonyl (C=O) groups excluding carboxylic acids is 1. The second kappa shape index (κ2) is 5.93. The lowest BCUT2D eigenvalue weighted by atomic mass is 9.49. The van der Waals surface area contributed by atoms with E-state index in [4.69, 9.17) is 4.74 Å². The highest BCUT2D eigenvalue weighted by Gasteiger charge is 2.59. The van der Waals surface area contributed by atoms with Gasteiger partial charge in [0.25, 0.3) is 0 Å². The second-order valence-electron chi connectivity index (χ2n) is 8.09. The van der Waals surface area contributed by atoms with E-state index >= 15 is 0 Å². The molecule has 0 amide bonds. The zero-order chi connectivity index (χ0) is 15.0. The third kappa shape index (κ3) is 2.64. The molecular weight excluding hydrogens is 260 g/mol. The minimum Gasteiger partial charge on any atom is -0.458 e. The zero-order valence-corrected chi connectivity index (χ0v) is 14.1. The average Bonchev–Trinajstić information content (AvgIpc) is 2.48. The predicted octanol–water partition coefficient (Wildman–Crippen LogP) is 4.96. The summed E-state index contributed by atoms with van der Waals surface area (Å²) in [6.07, 6.45) is 11.2. The Morgan fingerprint density at radius 3 is 2.14 bits per heavy atom. The van der Waals surface area contributed by atoms with Crippen LogP contribution >= 0.6 is 0 Å². The first-order valence-corrected chi connectivity index (χ1v) is 9.31. The summed E-state index contributed by atoms with van der Waals surface area (Å²) in [6.45, 7) is 6.35. The van der Waals surface area contributed by atoms with Gasteiger partial charge in [0.1, 0.15) is 5.60 Å². The summed E-state index contributed by atoms with van der Waals surface area (Å²) in [6, 6.07) is 0. The molecule has 0 saturated heterocycles. The molecule has 4 fully saturated rings. The van der Waals surface area contributed by atoms with Crippen LogP contribution in [0.1, 0.15) is 78.6 Å². The van der Waals surface area contributed by atoms with E-state index in [1.54, 1.807) is 0 Å². The second-order valence-corrected chi connectivity index (χ2v) is 8.09. The van der Waals surface area contributed by atoms with E-state index in [0.29, 0.717) is 11.8 Å². The van der Waals surface area contributed by atoms with Crippen LogP contribution in [-0.4, -0.2) is 11.6 Å². The first kappa shape index (κ1) is 15.4. The van der Waals surface area contributed by atoms with Crippen molar-refractivity contribution in [2.24, 2.45) is 29.6 Å². The number of hydrogen-bond acceptors (Lipinski definition) is 2. The van der Waals surface area contributed by atoms with E-state index in [1.807, 2.05) is 6.92 Å². The van der Waals surface area contributed by atoms with Gasteiger partial charge in [-0.3, -0.25) is 4.79 Å². The van der Waals surface area contributed by atoms with Gasteiger partial charge in [-0.1, -0.05) is 27.2 Å². The highest BCUT2D eigenvalue weighted by atomic mass is 16.6. The molecule has 2 heteroatoms. The topological polar surface area (TPSA) is 26.3 Å². The lowest BCUT2D eigenvalue weighted by molar-refractivity contribution is -0.215. The number of unbranched alkanes of at least 4 members (excludes halogenated alkanes) is 1. The van der Waals surface area contributed by atoms with Crippen molar-refractivity contribution < 1.29 is 9.53 Å². The van der Waals surface area contributed by atoms with Gasteiger partial charge >= 0.3 is 5.97 Å². The molecule has 0 spiro atoms. The molecule has 0 aromatic carbocycles. The molecule has 0 radical (unpaired) electrons. The number of esters is 1. The molecule has 0 aliphatic heterocycles. The third-order valence-electron chi connectivity index (χ3n) is 6.75. The van der Waals surface area contributed by atoms with E-state index < -0.39 is 0 Å². The molecule has 4 bridgehead atoms. The molecule has 120 valence electrons. The fourth-order valence-electron chi connectivity index (χ4n) is 5.52. The monoisotopic (exact) mass is 292 g/mol. The Balaban J connectivity index is 1.81. The summed E-state index contributed by atoms with van der Waals surface area (Å²) in [7, 11) is 0. The average molecular weight is 292 g/mol. The van der Waals surface area contributed by atoms with Crippen LogP contribution in [0.25, 0.3) is 0 Å². The summed E-state index contributed by atoms with van der Waals surface area (Å²) in [5.74, 6) is 3.32. The highest BCUT2D eigenvalue weighted by molar-refractivity contribution is 5.72. The largest absolute Gasteiger partial charge is 0.458 e. The third-order valence-corrected chi connectivity index (χ3v) is 6.75. The Morgan fingerprint density at radius 1 is 1.10 bits per heavy atom.